The number of benzene rings is 3. The number of aliphatic imine (C=N–C) groups is 1. The van der Waals surface area contributed by atoms with Crippen LogP contribution in [0, 0.1) is 0 Å². The van der Waals surface area contributed by atoms with E-state index in [1.165, 1.54) is 11.1 Å². The number of unbranched alkanes of at least 4 members (excludes halogenated alkanes) is 1. The Morgan fingerprint density at radius 1 is 0.953 bits per heavy atom. The number of nitrogens with one attached hydrogen (secondary N) is 1. The fraction of sp³-hybridized carbons (Fsp3) is 0.353. The molecule has 4 aromatic rings. The molecule has 3 atom stereocenters. The van der Waals surface area contributed by atoms with Crippen molar-refractivity contribution in [2.45, 2.75) is 65.0 Å². The first-order valence-corrected chi connectivity index (χ1v) is 15.2. The summed E-state index contributed by atoms with van der Waals surface area (Å²) >= 11 is 0. The lowest BCUT2D eigenvalue weighted by Crippen LogP contribution is -2.50. The SMILES string of the molecule is CCCCC1N=C2C(=CN(C(C)c3ccccc3)CN2C(C)OC)N1Cc1ccc(-c2ccccc2-c2nnn[nH]2)cc1. The standard InChI is InChI=1S/C34H40N8O/c1-5-6-16-32-35-34-31(22-40(23-42(34)25(3)43-4)24(2)27-12-8-7-9-13-27)41(32)21-26-17-19-28(20-18-26)29-14-10-11-15-30(29)33-36-38-39-37-33/h7-15,17-20,22,24-25,32H,5-6,16,21,23H2,1-4H3,(H,36,37,38,39). The van der Waals surface area contributed by atoms with Gasteiger partial charge in [-0.15, -0.1) is 5.10 Å². The monoisotopic (exact) mass is 576 g/mol. The Balaban J connectivity index is 1.31. The van der Waals surface area contributed by atoms with Gasteiger partial charge in [-0.25, -0.2) is 10.1 Å². The fourth-order valence-electron chi connectivity index (χ4n) is 5.93. The molecule has 2 aliphatic heterocycles. The molecule has 6 rings (SSSR count). The quantitative estimate of drug-likeness (QED) is 0.220. The second-order valence-corrected chi connectivity index (χ2v) is 11.3. The van der Waals surface area contributed by atoms with Crippen LogP contribution in [0.2, 0.25) is 0 Å². The number of hydrogen-bond donors (Lipinski definition) is 1. The molecular formula is C34H40N8O. The number of rotatable bonds is 11. The molecule has 0 saturated carbocycles. The van der Waals surface area contributed by atoms with Gasteiger partial charge < -0.3 is 19.4 Å². The van der Waals surface area contributed by atoms with Crippen LogP contribution in [0.15, 0.2) is 95.8 Å². The summed E-state index contributed by atoms with van der Waals surface area (Å²) < 4.78 is 5.85. The highest BCUT2D eigenvalue weighted by molar-refractivity contribution is 6.00. The minimum Gasteiger partial charge on any atom is -0.362 e. The van der Waals surface area contributed by atoms with E-state index in [0.717, 1.165) is 60.7 Å². The third kappa shape index (κ3) is 5.90. The summed E-state index contributed by atoms with van der Waals surface area (Å²) in [4.78, 5) is 12.5. The summed E-state index contributed by atoms with van der Waals surface area (Å²) in [6.07, 6.45) is 5.58. The summed E-state index contributed by atoms with van der Waals surface area (Å²) in [6.45, 7) is 8.10. The molecule has 0 radical (unpaired) electrons. The Kier molecular flexibility index (Phi) is 8.51. The molecule has 3 aromatic carbocycles. The summed E-state index contributed by atoms with van der Waals surface area (Å²) in [5, 5.41) is 14.6. The number of H-pyrrole nitrogens is 1. The van der Waals surface area contributed by atoms with Crippen molar-refractivity contribution in [2.24, 2.45) is 4.99 Å². The highest BCUT2D eigenvalue weighted by atomic mass is 16.5. The lowest BCUT2D eigenvalue weighted by Gasteiger charge is -2.42. The molecule has 0 saturated heterocycles. The summed E-state index contributed by atoms with van der Waals surface area (Å²) in [7, 11) is 1.77. The van der Waals surface area contributed by atoms with Crippen LogP contribution in [-0.4, -0.2) is 67.3 Å². The molecule has 0 aliphatic carbocycles. The van der Waals surface area contributed by atoms with E-state index in [1.807, 2.05) is 18.2 Å². The van der Waals surface area contributed by atoms with Gasteiger partial charge in [-0.05, 0) is 59.4 Å². The highest BCUT2D eigenvalue weighted by Gasteiger charge is 2.39. The van der Waals surface area contributed by atoms with E-state index in [1.54, 1.807) is 7.11 Å². The zero-order valence-corrected chi connectivity index (χ0v) is 25.4. The van der Waals surface area contributed by atoms with E-state index in [0.29, 0.717) is 5.82 Å². The Hall–Kier alpha value is -4.50. The molecule has 0 fully saturated rings. The molecular weight excluding hydrogens is 536 g/mol. The lowest BCUT2D eigenvalue weighted by atomic mass is 9.98. The maximum atomic E-state index is 5.85. The normalized spacial score (nSPS) is 17.9. The first-order valence-electron chi connectivity index (χ1n) is 15.2. The Morgan fingerprint density at radius 2 is 1.70 bits per heavy atom. The van der Waals surface area contributed by atoms with Crippen molar-refractivity contribution in [3.8, 4) is 22.5 Å². The molecule has 3 unspecified atom stereocenters. The molecule has 222 valence electrons. The average Bonchev–Trinajstić information content (AvgIpc) is 3.72. The number of hydrogen-bond acceptors (Lipinski definition) is 8. The number of nitrogens with zero attached hydrogens (tertiary/aromatic N) is 7. The van der Waals surface area contributed by atoms with Crippen molar-refractivity contribution >= 4 is 5.84 Å². The Bertz CT molecular complexity index is 1550. The molecule has 2 aliphatic rings. The van der Waals surface area contributed by atoms with Crippen molar-refractivity contribution in [2.75, 3.05) is 13.8 Å². The van der Waals surface area contributed by atoms with Gasteiger partial charge in [0.05, 0.1) is 18.4 Å². The first kappa shape index (κ1) is 28.6. The second-order valence-electron chi connectivity index (χ2n) is 11.3. The second kappa shape index (κ2) is 12.8. The number of amidine groups is 1. The number of ether oxygens (including phenoxy) is 1. The van der Waals surface area contributed by atoms with E-state index in [4.69, 9.17) is 9.73 Å². The van der Waals surface area contributed by atoms with E-state index >= 15 is 0 Å². The maximum absolute atomic E-state index is 5.85. The minimum atomic E-state index is -0.0985. The third-order valence-electron chi connectivity index (χ3n) is 8.57. The molecule has 0 amide bonds. The molecule has 0 spiro atoms. The van der Waals surface area contributed by atoms with E-state index in [2.05, 4.69) is 123 Å². The number of aromatic nitrogens is 4. The van der Waals surface area contributed by atoms with Gasteiger partial charge in [0.2, 0.25) is 0 Å². The Morgan fingerprint density at radius 3 is 2.40 bits per heavy atom. The maximum Gasteiger partial charge on any atom is 0.180 e. The number of methoxy groups -OCH3 is 1. The van der Waals surface area contributed by atoms with Gasteiger partial charge in [0.15, 0.2) is 11.7 Å². The molecule has 43 heavy (non-hydrogen) atoms. The van der Waals surface area contributed by atoms with Crippen molar-refractivity contribution in [3.63, 3.8) is 0 Å². The topological polar surface area (TPSA) is 85.8 Å². The molecule has 9 nitrogen and oxygen atoms in total. The smallest absolute Gasteiger partial charge is 0.180 e. The molecule has 1 N–H and O–H groups in total. The number of aromatic amines is 1. The Labute approximate surface area is 253 Å². The highest BCUT2D eigenvalue weighted by Crippen LogP contribution is 2.36. The van der Waals surface area contributed by atoms with Gasteiger partial charge in [0.1, 0.15) is 12.4 Å². The largest absolute Gasteiger partial charge is 0.362 e. The van der Waals surface area contributed by atoms with Crippen molar-refractivity contribution < 1.29 is 4.74 Å². The van der Waals surface area contributed by atoms with Crippen molar-refractivity contribution in [1.82, 2.24) is 35.3 Å². The fourth-order valence-corrected chi connectivity index (χ4v) is 5.93. The van der Waals surface area contributed by atoms with Crippen LogP contribution in [0.25, 0.3) is 22.5 Å². The van der Waals surface area contributed by atoms with Crippen LogP contribution in [0.4, 0.5) is 0 Å². The predicted molar refractivity (Wildman–Crippen MR) is 169 cm³/mol. The van der Waals surface area contributed by atoms with E-state index < -0.39 is 0 Å². The predicted octanol–water partition coefficient (Wildman–Crippen LogP) is 6.43. The molecule has 1 aromatic heterocycles. The van der Waals surface area contributed by atoms with Gasteiger partial charge in [0, 0.05) is 25.4 Å². The summed E-state index contributed by atoms with van der Waals surface area (Å²) in [5.41, 5.74) is 6.87. The van der Waals surface area contributed by atoms with E-state index in [9.17, 15) is 0 Å². The van der Waals surface area contributed by atoms with Crippen LogP contribution in [0.1, 0.15) is 57.2 Å². The zero-order chi connectivity index (χ0) is 29.8. The van der Waals surface area contributed by atoms with Crippen LogP contribution in [0.5, 0.6) is 0 Å². The van der Waals surface area contributed by atoms with Gasteiger partial charge in [0.25, 0.3) is 0 Å². The van der Waals surface area contributed by atoms with Crippen LogP contribution >= 0.6 is 0 Å². The molecule has 0 bridgehead atoms. The van der Waals surface area contributed by atoms with Gasteiger partial charge in [-0.1, -0.05) is 92.2 Å². The van der Waals surface area contributed by atoms with Crippen molar-refractivity contribution in [3.05, 3.63) is 102 Å². The number of fused-ring (bicyclic) bond motifs is 1. The van der Waals surface area contributed by atoms with Gasteiger partial charge >= 0.3 is 0 Å². The van der Waals surface area contributed by atoms with Gasteiger partial charge in [-0.2, -0.15) is 0 Å². The molecule has 9 heteroatoms. The minimum absolute atomic E-state index is 0.0825. The van der Waals surface area contributed by atoms with Gasteiger partial charge in [-0.3, -0.25) is 0 Å². The zero-order valence-electron chi connectivity index (χ0n) is 25.4. The first-order chi connectivity index (χ1) is 21.1. The van der Waals surface area contributed by atoms with Crippen LogP contribution < -0.4 is 0 Å². The third-order valence-corrected chi connectivity index (χ3v) is 8.57. The lowest BCUT2D eigenvalue weighted by molar-refractivity contribution is -0.00536. The van der Waals surface area contributed by atoms with Crippen LogP contribution in [-0.2, 0) is 11.3 Å². The van der Waals surface area contributed by atoms with E-state index in [-0.39, 0.29) is 18.4 Å². The number of tetrazole rings is 1. The van der Waals surface area contributed by atoms with Crippen LogP contribution in [0.3, 0.4) is 0 Å². The average molecular weight is 577 g/mol. The molecule has 3 heterocycles. The summed E-state index contributed by atoms with van der Waals surface area (Å²) in [6, 6.07) is 27.9. The summed E-state index contributed by atoms with van der Waals surface area (Å²) in [5.74, 6) is 1.69. The van der Waals surface area contributed by atoms with Crippen molar-refractivity contribution in [1.29, 1.82) is 0 Å².